The molecule has 20 heavy (non-hydrogen) atoms. The number of rotatable bonds is 5. The average molecular weight is 271 g/mol. The number of nitrogens with zero attached hydrogens (tertiary/aromatic N) is 3. The molecule has 2 rings (SSSR count). The summed E-state index contributed by atoms with van der Waals surface area (Å²) in [5, 5.41) is 17.5. The maximum absolute atomic E-state index is 9.35. The standard InChI is InChI=1S/C16H21N3O/c1-12(2)10-19-16(15(11-20)17-18-19)9-8-14-6-4-13(3)5-7-14/h4-9,12,20H,10-11H2,1-3H3/b9-8+. The van der Waals surface area contributed by atoms with Gasteiger partial charge in [0.05, 0.1) is 12.3 Å². The lowest BCUT2D eigenvalue weighted by atomic mass is 10.1. The summed E-state index contributed by atoms with van der Waals surface area (Å²) in [6.07, 6.45) is 3.99. The van der Waals surface area contributed by atoms with Crippen molar-refractivity contribution < 1.29 is 5.11 Å². The molecule has 2 aromatic rings. The fourth-order valence-corrected chi connectivity index (χ4v) is 1.98. The summed E-state index contributed by atoms with van der Waals surface area (Å²) < 4.78 is 1.85. The Morgan fingerprint density at radius 2 is 1.90 bits per heavy atom. The Morgan fingerprint density at radius 3 is 2.50 bits per heavy atom. The van der Waals surface area contributed by atoms with Gasteiger partial charge in [-0.25, -0.2) is 4.68 Å². The molecule has 4 heteroatoms. The number of hydrogen-bond donors (Lipinski definition) is 1. The number of aryl methyl sites for hydroxylation is 1. The predicted molar refractivity (Wildman–Crippen MR) is 80.9 cm³/mol. The van der Waals surface area contributed by atoms with Crippen LogP contribution in [0.25, 0.3) is 12.2 Å². The van der Waals surface area contributed by atoms with Crippen LogP contribution in [0.4, 0.5) is 0 Å². The van der Waals surface area contributed by atoms with Crippen LogP contribution in [0, 0.1) is 12.8 Å². The topological polar surface area (TPSA) is 50.9 Å². The molecule has 0 aliphatic heterocycles. The van der Waals surface area contributed by atoms with Crippen LogP contribution in [0.1, 0.15) is 36.4 Å². The van der Waals surface area contributed by atoms with Crippen molar-refractivity contribution in [3.63, 3.8) is 0 Å². The molecule has 0 aliphatic carbocycles. The molecule has 1 aromatic heterocycles. The van der Waals surface area contributed by atoms with Gasteiger partial charge in [-0.05, 0) is 24.5 Å². The molecule has 0 fully saturated rings. The molecular formula is C16H21N3O. The molecule has 0 bridgehead atoms. The molecule has 0 amide bonds. The maximum atomic E-state index is 9.35. The molecule has 0 radical (unpaired) electrons. The van der Waals surface area contributed by atoms with Crippen LogP contribution in [-0.2, 0) is 13.2 Å². The van der Waals surface area contributed by atoms with Gasteiger partial charge in [0.15, 0.2) is 0 Å². The largest absolute Gasteiger partial charge is 0.390 e. The van der Waals surface area contributed by atoms with Gasteiger partial charge in [0.2, 0.25) is 0 Å². The van der Waals surface area contributed by atoms with Gasteiger partial charge in [-0.1, -0.05) is 55.0 Å². The molecule has 0 saturated carbocycles. The predicted octanol–water partition coefficient (Wildman–Crippen LogP) is 2.91. The van der Waals surface area contributed by atoms with Gasteiger partial charge in [0.25, 0.3) is 0 Å². The van der Waals surface area contributed by atoms with Gasteiger partial charge in [0, 0.05) is 6.54 Å². The van der Waals surface area contributed by atoms with Gasteiger partial charge in [-0.2, -0.15) is 0 Å². The molecule has 0 atom stereocenters. The maximum Gasteiger partial charge on any atom is 0.115 e. The van der Waals surface area contributed by atoms with Gasteiger partial charge in [-0.15, -0.1) is 5.10 Å². The zero-order valence-corrected chi connectivity index (χ0v) is 12.2. The van der Waals surface area contributed by atoms with Crippen LogP contribution in [0.3, 0.4) is 0 Å². The Bertz CT molecular complexity index is 582. The average Bonchev–Trinajstić information content (AvgIpc) is 2.79. The Hall–Kier alpha value is -1.94. The Morgan fingerprint density at radius 1 is 1.20 bits per heavy atom. The van der Waals surface area contributed by atoms with Crippen molar-refractivity contribution in [2.45, 2.75) is 33.9 Å². The highest BCUT2D eigenvalue weighted by Gasteiger charge is 2.10. The van der Waals surface area contributed by atoms with Crippen LogP contribution in [0.5, 0.6) is 0 Å². The van der Waals surface area contributed by atoms with Crippen LogP contribution < -0.4 is 0 Å². The minimum Gasteiger partial charge on any atom is -0.390 e. The number of hydrogen-bond acceptors (Lipinski definition) is 3. The second-order valence-corrected chi connectivity index (χ2v) is 5.40. The Balaban J connectivity index is 2.26. The SMILES string of the molecule is Cc1ccc(/C=C/c2c(CO)nnn2CC(C)C)cc1. The van der Waals surface area contributed by atoms with E-state index in [-0.39, 0.29) is 6.61 Å². The Kier molecular flexibility index (Phi) is 4.69. The molecule has 0 unspecified atom stereocenters. The van der Waals surface area contributed by atoms with E-state index in [1.165, 1.54) is 5.56 Å². The van der Waals surface area contributed by atoms with Crippen molar-refractivity contribution in [2.75, 3.05) is 0 Å². The van der Waals surface area contributed by atoms with E-state index in [4.69, 9.17) is 0 Å². The lowest BCUT2D eigenvalue weighted by molar-refractivity contribution is 0.276. The fraction of sp³-hybridized carbons (Fsp3) is 0.375. The van der Waals surface area contributed by atoms with E-state index in [1.807, 2.05) is 16.8 Å². The van der Waals surface area contributed by atoms with E-state index in [1.54, 1.807) is 0 Å². The quantitative estimate of drug-likeness (QED) is 0.909. The van der Waals surface area contributed by atoms with Crippen molar-refractivity contribution in [2.24, 2.45) is 5.92 Å². The minimum atomic E-state index is -0.0916. The summed E-state index contributed by atoms with van der Waals surface area (Å²) in [5.74, 6) is 0.481. The second kappa shape index (κ2) is 6.48. The van der Waals surface area contributed by atoms with Crippen molar-refractivity contribution in [3.8, 4) is 0 Å². The summed E-state index contributed by atoms with van der Waals surface area (Å²) in [6.45, 7) is 7.03. The van der Waals surface area contributed by atoms with E-state index in [0.717, 1.165) is 17.8 Å². The van der Waals surface area contributed by atoms with Crippen LogP contribution in [0.15, 0.2) is 24.3 Å². The molecule has 4 nitrogen and oxygen atoms in total. The van der Waals surface area contributed by atoms with Crippen molar-refractivity contribution in [3.05, 3.63) is 46.8 Å². The minimum absolute atomic E-state index is 0.0916. The third-order valence-electron chi connectivity index (χ3n) is 3.05. The summed E-state index contributed by atoms with van der Waals surface area (Å²) in [4.78, 5) is 0. The highest BCUT2D eigenvalue weighted by molar-refractivity contribution is 5.69. The van der Waals surface area contributed by atoms with Gasteiger partial charge < -0.3 is 5.11 Å². The Labute approximate surface area is 119 Å². The first-order valence-corrected chi connectivity index (χ1v) is 6.88. The highest BCUT2D eigenvalue weighted by atomic mass is 16.3. The second-order valence-electron chi connectivity index (χ2n) is 5.40. The normalized spacial score (nSPS) is 11.7. The number of aliphatic hydroxyl groups excluding tert-OH is 1. The van der Waals surface area contributed by atoms with E-state index >= 15 is 0 Å². The van der Waals surface area contributed by atoms with Crippen molar-refractivity contribution in [1.29, 1.82) is 0 Å². The van der Waals surface area contributed by atoms with E-state index < -0.39 is 0 Å². The monoisotopic (exact) mass is 271 g/mol. The smallest absolute Gasteiger partial charge is 0.115 e. The van der Waals surface area contributed by atoms with Crippen LogP contribution >= 0.6 is 0 Å². The zero-order valence-electron chi connectivity index (χ0n) is 12.2. The fourth-order valence-electron chi connectivity index (χ4n) is 1.98. The first kappa shape index (κ1) is 14.5. The molecule has 1 aromatic carbocycles. The lowest BCUT2D eigenvalue weighted by Gasteiger charge is -2.06. The summed E-state index contributed by atoms with van der Waals surface area (Å²) in [6, 6.07) is 8.30. The third-order valence-corrected chi connectivity index (χ3v) is 3.05. The van der Waals surface area contributed by atoms with E-state index in [9.17, 15) is 5.11 Å². The number of benzene rings is 1. The molecule has 1 N–H and O–H groups in total. The van der Waals surface area contributed by atoms with E-state index in [2.05, 4.69) is 55.3 Å². The zero-order chi connectivity index (χ0) is 14.5. The highest BCUT2D eigenvalue weighted by Crippen LogP contribution is 2.13. The molecule has 106 valence electrons. The summed E-state index contributed by atoms with van der Waals surface area (Å²) >= 11 is 0. The third kappa shape index (κ3) is 3.54. The van der Waals surface area contributed by atoms with Crippen molar-refractivity contribution >= 4 is 12.2 Å². The molecule has 0 spiro atoms. The van der Waals surface area contributed by atoms with Gasteiger partial charge >= 0.3 is 0 Å². The van der Waals surface area contributed by atoms with Gasteiger partial charge in [-0.3, -0.25) is 0 Å². The summed E-state index contributed by atoms with van der Waals surface area (Å²) in [7, 11) is 0. The number of aliphatic hydroxyl groups is 1. The number of aromatic nitrogens is 3. The molecule has 0 saturated heterocycles. The van der Waals surface area contributed by atoms with Crippen LogP contribution in [0.2, 0.25) is 0 Å². The first-order valence-electron chi connectivity index (χ1n) is 6.88. The molecule has 0 aliphatic rings. The molecule has 1 heterocycles. The van der Waals surface area contributed by atoms with Crippen LogP contribution in [-0.4, -0.2) is 20.1 Å². The van der Waals surface area contributed by atoms with Crippen molar-refractivity contribution in [1.82, 2.24) is 15.0 Å². The van der Waals surface area contributed by atoms with E-state index in [0.29, 0.717) is 11.6 Å². The first-order chi connectivity index (χ1) is 9.60. The van der Waals surface area contributed by atoms with Gasteiger partial charge in [0.1, 0.15) is 5.69 Å². The molecular weight excluding hydrogens is 250 g/mol. The lowest BCUT2D eigenvalue weighted by Crippen LogP contribution is -2.08. The summed E-state index contributed by atoms with van der Waals surface area (Å²) in [5.41, 5.74) is 3.86.